The molecule has 5 nitrogen and oxygen atoms in total. The van der Waals surface area contributed by atoms with E-state index in [4.69, 9.17) is 0 Å². The summed E-state index contributed by atoms with van der Waals surface area (Å²) in [6, 6.07) is 20.1. The van der Waals surface area contributed by atoms with Crippen molar-refractivity contribution in [3.63, 3.8) is 0 Å². The Kier molecular flexibility index (Phi) is 6.51. The van der Waals surface area contributed by atoms with Crippen molar-refractivity contribution >= 4 is 23.1 Å². The topological polar surface area (TPSA) is 72.8 Å². The van der Waals surface area contributed by atoms with Gasteiger partial charge in [0.15, 0.2) is 5.16 Å². The van der Waals surface area contributed by atoms with E-state index in [0.717, 1.165) is 36.3 Å². The van der Waals surface area contributed by atoms with E-state index in [0.29, 0.717) is 10.9 Å². The molecule has 142 valence electrons. The van der Waals surface area contributed by atoms with Gasteiger partial charge in [-0.1, -0.05) is 55.4 Å². The molecular formula is C22H22N4OS. The molecule has 0 amide bonds. The van der Waals surface area contributed by atoms with Crippen molar-refractivity contribution in [2.75, 3.05) is 17.7 Å². The number of unbranched alkanes of at least 4 members (excludes halogenated alkanes) is 1. The highest BCUT2D eigenvalue weighted by Gasteiger charge is 2.14. The number of nitrogens with one attached hydrogen (secondary N) is 1. The fraction of sp³-hybridized carbons (Fsp3) is 0.227. The Balaban J connectivity index is 2.00. The third-order valence-corrected chi connectivity index (χ3v) is 5.04. The van der Waals surface area contributed by atoms with Crippen LogP contribution in [0.5, 0.6) is 0 Å². The van der Waals surface area contributed by atoms with Crippen LogP contribution in [0.2, 0.25) is 0 Å². The summed E-state index contributed by atoms with van der Waals surface area (Å²) in [7, 11) is 0. The van der Waals surface area contributed by atoms with Crippen LogP contribution in [0.3, 0.4) is 0 Å². The molecule has 0 radical (unpaired) electrons. The summed E-state index contributed by atoms with van der Waals surface area (Å²) in [5.74, 6) is 0. The minimum atomic E-state index is -0.408. The summed E-state index contributed by atoms with van der Waals surface area (Å²) >= 11 is 1.34. The van der Waals surface area contributed by atoms with E-state index in [1.165, 1.54) is 11.8 Å². The average Bonchev–Trinajstić information content (AvgIpc) is 2.74. The lowest BCUT2D eigenvalue weighted by molar-refractivity contribution is 0.786. The summed E-state index contributed by atoms with van der Waals surface area (Å²) in [6.07, 6.45) is 4.03. The Morgan fingerprint density at radius 2 is 1.79 bits per heavy atom. The lowest BCUT2D eigenvalue weighted by Crippen LogP contribution is -2.18. The van der Waals surface area contributed by atoms with E-state index in [2.05, 4.69) is 33.9 Å². The zero-order chi connectivity index (χ0) is 19.9. The first-order valence-corrected chi connectivity index (χ1v) is 10.4. The predicted molar refractivity (Wildman–Crippen MR) is 115 cm³/mol. The molecule has 0 saturated heterocycles. The van der Waals surface area contributed by atoms with Crippen LogP contribution >= 0.6 is 11.8 Å². The van der Waals surface area contributed by atoms with E-state index >= 15 is 0 Å². The number of benzene rings is 2. The molecule has 0 saturated carbocycles. The van der Waals surface area contributed by atoms with Crippen LogP contribution < -0.4 is 10.5 Å². The first-order chi connectivity index (χ1) is 13.7. The van der Waals surface area contributed by atoms with Gasteiger partial charge in [0, 0.05) is 23.5 Å². The molecule has 3 rings (SSSR count). The second-order valence-corrected chi connectivity index (χ2v) is 7.09. The molecule has 2 aromatic carbocycles. The minimum absolute atomic E-state index is 0.0384. The standard InChI is InChI=1S/C22H22N4OS/c1-3-4-14-26(17-8-6-5-7-9-17)18-12-10-16(11-13-18)20-19(15-23)21(27)25-22(24-20)28-2/h5-13H,3-4,14H2,1-2H3,(H,24,25,27). The van der Waals surface area contributed by atoms with Crippen molar-refractivity contribution in [3.8, 4) is 17.3 Å². The highest BCUT2D eigenvalue weighted by molar-refractivity contribution is 7.98. The number of para-hydroxylation sites is 1. The summed E-state index contributed by atoms with van der Waals surface area (Å²) in [4.78, 5) is 21.5. The number of anilines is 2. The van der Waals surface area contributed by atoms with Gasteiger partial charge in [-0.15, -0.1) is 0 Å². The number of hydrogen-bond donors (Lipinski definition) is 1. The molecule has 0 spiro atoms. The van der Waals surface area contributed by atoms with E-state index in [1.54, 1.807) is 0 Å². The monoisotopic (exact) mass is 390 g/mol. The van der Waals surface area contributed by atoms with Gasteiger partial charge in [0.25, 0.3) is 5.56 Å². The maximum absolute atomic E-state index is 12.2. The summed E-state index contributed by atoms with van der Waals surface area (Å²) in [5, 5.41) is 9.88. The molecule has 0 fully saturated rings. The molecule has 0 bridgehead atoms. The molecule has 1 aromatic heterocycles. The van der Waals surface area contributed by atoms with Crippen LogP contribution in [0.1, 0.15) is 25.3 Å². The molecule has 0 unspecified atom stereocenters. The Morgan fingerprint density at radius 3 is 2.39 bits per heavy atom. The van der Waals surface area contributed by atoms with Crippen LogP contribution in [0.15, 0.2) is 64.5 Å². The van der Waals surface area contributed by atoms with Crippen LogP contribution in [0, 0.1) is 11.3 Å². The van der Waals surface area contributed by atoms with Gasteiger partial charge in [-0.05, 0) is 36.9 Å². The van der Waals surface area contributed by atoms with Gasteiger partial charge in [0.05, 0.1) is 5.69 Å². The Bertz CT molecular complexity index is 1020. The van der Waals surface area contributed by atoms with Gasteiger partial charge in [0.1, 0.15) is 11.6 Å². The number of nitrogens with zero attached hydrogens (tertiary/aromatic N) is 3. The number of H-pyrrole nitrogens is 1. The smallest absolute Gasteiger partial charge is 0.270 e. The van der Waals surface area contributed by atoms with Crippen molar-refractivity contribution in [1.82, 2.24) is 9.97 Å². The highest BCUT2D eigenvalue weighted by atomic mass is 32.2. The van der Waals surface area contributed by atoms with Crippen molar-refractivity contribution in [3.05, 3.63) is 70.5 Å². The quantitative estimate of drug-likeness (QED) is 0.455. The number of rotatable bonds is 7. The maximum atomic E-state index is 12.2. The van der Waals surface area contributed by atoms with Crippen LogP contribution in [-0.2, 0) is 0 Å². The predicted octanol–water partition coefficient (Wildman–Crippen LogP) is 4.97. The molecule has 28 heavy (non-hydrogen) atoms. The van der Waals surface area contributed by atoms with E-state index in [-0.39, 0.29) is 5.56 Å². The number of hydrogen-bond acceptors (Lipinski definition) is 5. The zero-order valence-corrected chi connectivity index (χ0v) is 16.8. The second kappa shape index (κ2) is 9.25. The fourth-order valence-electron chi connectivity index (χ4n) is 2.99. The molecule has 3 aromatic rings. The Morgan fingerprint density at radius 1 is 1.11 bits per heavy atom. The van der Waals surface area contributed by atoms with E-state index in [1.807, 2.05) is 54.8 Å². The lowest BCUT2D eigenvalue weighted by atomic mass is 10.1. The fourth-order valence-corrected chi connectivity index (χ4v) is 3.37. The number of nitriles is 1. The van der Waals surface area contributed by atoms with Crippen LogP contribution in [-0.4, -0.2) is 22.8 Å². The zero-order valence-electron chi connectivity index (χ0n) is 16.0. The first-order valence-electron chi connectivity index (χ1n) is 9.19. The van der Waals surface area contributed by atoms with Crippen LogP contribution in [0.4, 0.5) is 11.4 Å². The third-order valence-electron chi connectivity index (χ3n) is 4.46. The Hall–Kier alpha value is -3.04. The molecule has 0 aliphatic carbocycles. The molecule has 1 N–H and O–H groups in total. The average molecular weight is 391 g/mol. The van der Waals surface area contributed by atoms with Crippen molar-refractivity contribution in [2.45, 2.75) is 24.9 Å². The van der Waals surface area contributed by atoms with Gasteiger partial charge in [-0.2, -0.15) is 5.26 Å². The first kappa shape index (κ1) is 19.7. The normalized spacial score (nSPS) is 10.5. The van der Waals surface area contributed by atoms with E-state index in [9.17, 15) is 10.1 Å². The molecule has 0 atom stereocenters. The molecule has 0 aliphatic heterocycles. The van der Waals surface area contributed by atoms with Gasteiger partial charge in [0.2, 0.25) is 0 Å². The van der Waals surface area contributed by atoms with Crippen molar-refractivity contribution < 1.29 is 0 Å². The molecule has 0 aliphatic rings. The SMILES string of the molecule is CCCCN(c1ccccc1)c1ccc(-c2nc(SC)[nH]c(=O)c2C#N)cc1. The van der Waals surface area contributed by atoms with Gasteiger partial charge in [-0.3, -0.25) is 4.79 Å². The highest BCUT2D eigenvalue weighted by Crippen LogP contribution is 2.29. The number of thioether (sulfide) groups is 1. The van der Waals surface area contributed by atoms with Crippen molar-refractivity contribution in [2.24, 2.45) is 0 Å². The van der Waals surface area contributed by atoms with Crippen LogP contribution in [0.25, 0.3) is 11.3 Å². The van der Waals surface area contributed by atoms with Gasteiger partial charge < -0.3 is 9.88 Å². The second-order valence-electron chi connectivity index (χ2n) is 6.30. The Labute approximate surface area is 169 Å². The summed E-state index contributed by atoms with van der Waals surface area (Å²) in [6.45, 7) is 3.10. The minimum Gasteiger partial charge on any atom is -0.341 e. The van der Waals surface area contributed by atoms with Gasteiger partial charge in [-0.25, -0.2) is 4.98 Å². The lowest BCUT2D eigenvalue weighted by Gasteiger charge is -2.25. The van der Waals surface area contributed by atoms with Gasteiger partial charge >= 0.3 is 0 Å². The van der Waals surface area contributed by atoms with E-state index < -0.39 is 5.56 Å². The number of aromatic nitrogens is 2. The summed E-state index contributed by atoms with van der Waals surface area (Å²) in [5.41, 5.74) is 3.01. The molecular weight excluding hydrogens is 368 g/mol. The van der Waals surface area contributed by atoms with Crippen molar-refractivity contribution in [1.29, 1.82) is 5.26 Å². The summed E-state index contributed by atoms with van der Waals surface area (Å²) < 4.78 is 0. The largest absolute Gasteiger partial charge is 0.341 e. The number of aromatic amines is 1. The maximum Gasteiger partial charge on any atom is 0.270 e. The molecule has 1 heterocycles. The molecule has 6 heteroatoms. The third kappa shape index (κ3) is 4.26.